The third-order valence-electron chi connectivity index (χ3n) is 4.72. The third-order valence-corrected chi connectivity index (χ3v) is 5.58. The lowest BCUT2D eigenvalue weighted by Crippen LogP contribution is -2.19. The number of hydrogen-bond donors (Lipinski definition) is 3. The number of benzene rings is 3. The molecule has 0 heterocycles. The van der Waals surface area contributed by atoms with Crippen molar-refractivity contribution in [1.29, 1.82) is 0 Å². The van der Waals surface area contributed by atoms with Crippen molar-refractivity contribution in [2.24, 2.45) is 5.73 Å². The standard InChI is InChI=1S/C24H23BrClN3O4/c1-14(32-2)33-22-10-8-18(29-23(30)19-11-15(13-27)3-9-21(19)26)12-20(22)24(31)28-17-6-4-16(25)5-7-17/h3-12,14H,13,27H2,1-2H3,(H,28,31)(H,29,30). The van der Waals surface area contributed by atoms with Crippen LogP contribution in [0, 0.1) is 0 Å². The Morgan fingerprint density at radius 3 is 2.27 bits per heavy atom. The second kappa shape index (κ2) is 11.3. The minimum Gasteiger partial charge on any atom is -0.464 e. The zero-order chi connectivity index (χ0) is 24.0. The molecule has 2 amide bonds. The van der Waals surface area contributed by atoms with Crippen LogP contribution in [0.3, 0.4) is 0 Å². The SMILES string of the molecule is COC(C)Oc1ccc(NC(=O)c2cc(CN)ccc2Cl)cc1C(=O)Nc1ccc(Br)cc1. The van der Waals surface area contributed by atoms with Gasteiger partial charge >= 0.3 is 0 Å². The molecule has 3 aromatic carbocycles. The van der Waals surface area contributed by atoms with Crippen LogP contribution in [0.5, 0.6) is 5.75 Å². The van der Waals surface area contributed by atoms with Crippen LogP contribution < -0.4 is 21.1 Å². The normalized spacial score (nSPS) is 11.5. The second-order valence-corrected chi connectivity index (χ2v) is 8.39. The largest absolute Gasteiger partial charge is 0.464 e. The first-order valence-electron chi connectivity index (χ1n) is 10.0. The van der Waals surface area contributed by atoms with E-state index in [1.54, 1.807) is 49.4 Å². The van der Waals surface area contributed by atoms with Gasteiger partial charge in [-0.05, 0) is 67.1 Å². The van der Waals surface area contributed by atoms with Gasteiger partial charge in [-0.15, -0.1) is 0 Å². The quantitative estimate of drug-likeness (QED) is 0.335. The molecule has 0 saturated carbocycles. The van der Waals surface area contributed by atoms with Gasteiger partial charge in [0, 0.05) is 29.5 Å². The predicted molar refractivity (Wildman–Crippen MR) is 133 cm³/mol. The van der Waals surface area contributed by atoms with Crippen molar-refractivity contribution in [3.63, 3.8) is 0 Å². The fourth-order valence-corrected chi connectivity index (χ4v) is 3.39. The molecule has 0 aromatic heterocycles. The molecule has 0 aliphatic carbocycles. The second-order valence-electron chi connectivity index (χ2n) is 7.07. The van der Waals surface area contributed by atoms with Gasteiger partial charge in [0.25, 0.3) is 11.8 Å². The topological polar surface area (TPSA) is 103 Å². The molecule has 3 rings (SSSR count). The van der Waals surface area contributed by atoms with E-state index in [1.165, 1.54) is 13.2 Å². The summed E-state index contributed by atoms with van der Waals surface area (Å²) in [6.45, 7) is 1.99. The summed E-state index contributed by atoms with van der Waals surface area (Å²) in [5, 5.41) is 5.90. The van der Waals surface area contributed by atoms with Gasteiger partial charge in [-0.1, -0.05) is 33.6 Å². The lowest BCUT2D eigenvalue weighted by atomic mass is 10.1. The molecule has 0 spiro atoms. The molecular formula is C24H23BrClN3O4. The highest BCUT2D eigenvalue weighted by Gasteiger charge is 2.18. The van der Waals surface area contributed by atoms with Gasteiger partial charge in [0.05, 0.1) is 16.1 Å². The number of carbonyl (C=O) groups is 2. The lowest BCUT2D eigenvalue weighted by molar-refractivity contribution is -0.0385. The summed E-state index contributed by atoms with van der Waals surface area (Å²) in [5.74, 6) is -0.525. The fourth-order valence-electron chi connectivity index (χ4n) is 2.92. The van der Waals surface area contributed by atoms with Crippen molar-refractivity contribution in [3.8, 4) is 5.75 Å². The number of anilines is 2. The zero-order valence-corrected chi connectivity index (χ0v) is 20.4. The molecule has 172 valence electrons. The smallest absolute Gasteiger partial charge is 0.259 e. The number of rotatable bonds is 8. The number of hydrogen-bond acceptors (Lipinski definition) is 5. The Hall–Kier alpha value is -2.91. The Morgan fingerprint density at radius 2 is 1.61 bits per heavy atom. The molecule has 0 aliphatic rings. The van der Waals surface area contributed by atoms with E-state index < -0.39 is 18.1 Å². The van der Waals surface area contributed by atoms with Crippen molar-refractivity contribution in [1.82, 2.24) is 0 Å². The van der Waals surface area contributed by atoms with E-state index in [2.05, 4.69) is 26.6 Å². The van der Waals surface area contributed by atoms with Crippen LogP contribution in [-0.2, 0) is 11.3 Å². The van der Waals surface area contributed by atoms with E-state index in [0.29, 0.717) is 22.1 Å². The van der Waals surface area contributed by atoms with Crippen LogP contribution in [0.15, 0.2) is 65.1 Å². The van der Waals surface area contributed by atoms with E-state index in [1.807, 2.05) is 12.1 Å². The minimum atomic E-state index is -0.581. The van der Waals surface area contributed by atoms with Gasteiger partial charge in [0.15, 0.2) is 6.29 Å². The molecule has 3 aromatic rings. The van der Waals surface area contributed by atoms with Gasteiger partial charge in [0.1, 0.15) is 5.75 Å². The summed E-state index contributed by atoms with van der Waals surface area (Å²) in [6.07, 6.45) is -0.581. The predicted octanol–water partition coefficient (Wildman–Crippen LogP) is 5.44. The molecule has 0 radical (unpaired) electrons. The molecule has 7 nitrogen and oxygen atoms in total. The number of nitrogens with two attached hydrogens (primary N) is 1. The molecule has 0 bridgehead atoms. The van der Waals surface area contributed by atoms with E-state index in [9.17, 15) is 9.59 Å². The van der Waals surface area contributed by atoms with E-state index >= 15 is 0 Å². The Balaban J connectivity index is 1.89. The van der Waals surface area contributed by atoms with Crippen molar-refractivity contribution < 1.29 is 19.1 Å². The van der Waals surface area contributed by atoms with Gasteiger partial charge in [-0.25, -0.2) is 0 Å². The lowest BCUT2D eigenvalue weighted by Gasteiger charge is -2.17. The third kappa shape index (κ3) is 6.55. The zero-order valence-electron chi connectivity index (χ0n) is 18.0. The molecular weight excluding hydrogens is 510 g/mol. The maximum atomic E-state index is 13.0. The summed E-state index contributed by atoms with van der Waals surface area (Å²) in [4.78, 5) is 25.9. The van der Waals surface area contributed by atoms with Gasteiger partial charge in [-0.3, -0.25) is 9.59 Å². The summed E-state index contributed by atoms with van der Waals surface area (Å²) in [7, 11) is 1.50. The number of carbonyl (C=O) groups excluding carboxylic acids is 2. The van der Waals surface area contributed by atoms with Gasteiger partial charge < -0.3 is 25.8 Å². The molecule has 1 atom stereocenters. The first-order chi connectivity index (χ1) is 15.8. The monoisotopic (exact) mass is 531 g/mol. The van der Waals surface area contributed by atoms with Crippen molar-refractivity contribution in [2.75, 3.05) is 17.7 Å². The first-order valence-corrected chi connectivity index (χ1v) is 11.2. The van der Waals surface area contributed by atoms with Crippen molar-refractivity contribution in [2.45, 2.75) is 19.8 Å². The van der Waals surface area contributed by atoms with E-state index in [0.717, 1.165) is 10.0 Å². The van der Waals surface area contributed by atoms with E-state index in [-0.39, 0.29) is 17.7 Å². The number of halogens is 2. The van der Waals surface area contributed by atoms with Crippen LogP contribution in [0.25, 0.3) is 0 Å². The summed E-state index contributed by atoms with van der Waals surface area (Å²) in [5.41, 5.74) is 7.95. The Labute approximate surface area is 205 Å². The Kier molecular flexibility index (Phi) is 8.46. The van der Waals surface area contributed by atoms with Crippen LogP contribution in [-0.4, -0.2) is 25.2 Å². The molecule has 0 fully saturated rings. The first kappa shape index (κ1) is 24.7. The minimum absolute atomic E-state index is 0.224. The highest BCUT2D eigenvalue weighted by atomic mass is 79.9. The summed E-state index contributed by atoms with van der Waals surface area (Å²) >= 11 is 9.56. The summed E-state index contributed by atoms with van der Waals surface area (Å²) < 4.78 is 11.8. The average molecular weight is 533 g/mol. The Morgan fingerprint density at radius 1 is 0.970 bits per heavy atom. The molecule has 4 N–H and O–H groups in total. The number of amides is 2. The molecule has 33 heavy (non-hydrogen) atoms. The van der Waals surface area contributed by atoms with Crippen LogP contribution in [0.1, 0.15) is 33.2 Å². The molecule has 0 saturated heterocycles. The number of methoxy groups -OCH3 is 1. The number of nitrogens with one attached hydrogen (secondary N) is 2. The highest BCUT2D eigenvalue weighted by Crippen LogP contribution is 2.27. The van der Waals surface area contributed by atoms with Crippen LogP contribution in [0.4, 0.5) is 11.4 Å². The molecule has 9 heteroatoms. The van der Waals surface area contributed by atoms with Gasteiger partial charge in [0.2, 0.25) is 0 Å². The van der Waals surface area contributed by atoms with Crippen molar-refractivity contribution in [3.05, 3.63) is 86.8 Å². The fraction of sp³-hybridized carbons (Fsp3) is 0.167. The van der Waals surface area contributed by atoms with Crippen molar-refractivity contribution >= 4 is 50.7 Å². The molecule has 1 unspecified atom stereocenters. The maximum Gasteiger partial charge on any atom is 0.259 e. The highest BCUT2D eigenvalue weighted by molar-refractivity contribution is 9.10. The average Bonchev–Trinajstić information content (AvgIpc) is 2.81. The van der Waals surface area contributed by atoms with Crippen LogP contribution in [0.2, 0.25) is 5.02 Å². The Bertz CT molecular complexity index is 1150. The van der Waals surface area contributed by atoms with Crippen LogP contribution >= 0.6 is 27.5 Å². The van der Waals surface area contributed by atoms with E-state index in [4.69, 9.17) is 26.8 Å². The van der Waals surface area contributed by atoms with Gasteiger partial charge in [-0.2, -0.15) is 0 Å². The summed E-state index contributed by atoms with van der Waals surface area (Å²) in [6, 6.07) is 16.9. The maximum absolute atomic E-state index is 13.0. The number of ether oxygens (including phenoxy) is 2. The molecule has 0 aliphatic heterocycles.